The van der Waals surface area contributed by atoms with Crippen molar-refractivity contribution in [1.82, 2.24) is 4.98 Å². The zero-order valence-corrected chi connectivity index (χ0v) is 15.1. The highest BCUT2D eigenvalue weighted by atomic mass is 32.1. The Bertz CT molecular complexity index is 1020. The van der Waals surface area contributed by atoms with E-state index < -0.39 is 0 Å². The van der Waals surface area contributed by atoms with E-state index in [1.807, 2.05) is 35.7 Å². The number of carbonyl (C=O) groups is 1. The quantitative estimate of drug-likeness (QED) is 0.516. The third-order valence-electron chi connectivity index (χ3n) is 3.63. The van der Waals surface area contributed by atoms with E-state index in [4.69, 9.17) is 4.74 Å². The van der Waals surface area contributed by atoms with Gasteiger partial charge in [0.25, 0.3) is 5.91 Å². The highest BCUT2D eigenvalue weighted by molar-refractivity contribution is 7.22. The van der Waals surface area contributed by atoms with Crippen LogP contribution in [0.1, 0.15) is 0 Å². The van der Waals surface area contributed by atoms with Crippen LogP contribution in [-0.4, -0.2) is 17.5 Å². The van der Waals surface area contributed by atoms with Crippen LogP contribution in [0.5, 0.6) is 5.75 Å². The van der Waals surface area contributed by atoms with Gasteiger partial charge in [0.05, 0.1) is 10.2 Å². The van der Waals surface area contributed by atoms with Crippen molar-refractivity contribution in [3.8, 4) is 16.3 Å². The number of hydrogen-bond donors (Lipinski definition) is 1. The summed E-state index contributed by atoms with van der Waals surface area (Å²) in [5, 5.41) is 6.37. The number of carbonyl (C=O) groups excluding carboxylic acids is 1. The fourth-order valence-corrected chi connectivity index (χ4v) is 4.27. The maximum atomic E-state index is 12.9. The number of rotatable bonds is 5. The van der Waals surface area contributed by atoms with Crippen molar-refractivity contribution in [3.63, 3.8) is 0 Å². The maximum Gasteiger partial charge on any atom is 0.262 e. The topological polar surface area (TPSA) is 51.2 Å². The number of thiophene rings is 1. The summed E-state index contributed by atoms with van der Waals surface area (Å²) < 4.78 is 19.4. The number of amides is 1. The first kappa shape index (κ1) is 16.7. The second kappa shape index (κ2) is 7.23. The molecule has 4 aromatic rings. The molecular weight excluding hydrogens is 371 g/mol. The van der Waals surface area contributed by atoms with Crippen molar-refractivity contribution < 1.29 is 13.9 Å². The van der Waals surface area contributed by atoms with E-state index in [2.05, 4.69) is 10.3 Å². The molecule has 0 bridgehead atoms. The van der Waals surface area contributed by atoms with Crippen LogP contribution in [0.15, 0.2) is 60.0 Å². The van der Waals surface area contributed by atoms with Gasteiger partial charge in [-0.05, 0) is 47.8 Å². The van der Waals surface area contributed by atoms with Crippen molar-refractivity contribution >= 4 is 43.8 Å². The first-order chi connectivity index (χ1) is 12.7. The van der Waals surface area contributed by atoms with E-state index in [-0.39, 0.29) is 18.3 Å². The van der Waals surface area contributed by atoms with Gasteiger partial charge < -0.3 is 10.1 Å². The summed E-state index contributed by atoms with van der Waals surface area (Å²) >= 11 is 3.02. The molecule has 0 fully saturated rings. The van der Waals surface area contributed by atoms with E-state index in [9.17, 15) is 9.18 Å². The van der Waals surface area contributed by atoms with Crippen molar-refractivity contribution in [2.24, 2.45) is 0 Å². The molecule has 0 saturated heterocycles. The van der Waals surface area contributed by atoms with Crippen molar-refractivity contribution in [3.05, 3.63) is 65.8 Å². The predicted molar refractivity (Wildman–Crippen MR) is 103 cm³/mol. The van der Waals surface area contributed by atoms with Gasteiger partial charge in [0.15, 0.2) is 6.61 Å². The zero-order chi connectivity index (χ0) is 17.9. The molecule has 0 aliphatic rings. The number of ether oxygens (including phenoxy) is 1. The highest BCUT2D eigenvalue weighted by Gasteiger charge is 2.14. The van der Waals surface area contributed by atoms with Crippen LogP contribution in [0.2, 0.25) is 0 Å². The molecule has 0 radical (unpaired) electrons. The Kier molecular flexibility index (Phi) is 4.64. The summed E-state index contributed by atoms with van der Waals surface area (Å²) in [5.74, 6) is -0.181. The summed E-state index contributed by atoms with van der Waals surface area (Å²) in [7, 11) is 0. The summed E-state index contributed by atoms with van der Waals surface area (Å²) in [4.78, 5) is 16.8. The Balaban J connectivity index is 1.46. The van der Waals surface area contributed by atoms with Gasteiger partial charge in [0, 0.05) is 5.56 Å². The summed E-state index contributed by atoms with van der Waals surface area (Å²) in [6, 6.07) is 15.4. The Morgan fingerprint density at radius 3 is 2.73 bits per heavy atom. The van der Waals surface area contributed by atoms with Crippen molar-refractivity contribution in [1.29, 1.82) is 0 Å². The lowest BCUT2D eigenvalue weighted by Crippen LogP contribution is -2.19. The molecule has 2 aromatic heterocycles. The van der Waals surface area contributed by atoms with Crippen LogP contribution in [0.3, 0.4) is 0 Å². The largest absolute Gasteiger partial charge is 0.484 e. The molecular formula is C19H13FN2O2S2. The first-order valence-electron chi connectivity index (χ1n) is 7.81. The van der Waals surface area contributed by atoms with Gasteiger partial charge in [-0.1, -0.05) is 12.1 Å². The van der Waals surface area contributed by atoms with Gasteiger partial charge in [0.2, 0.25) is 0 Å². The fourth-order valence-electron chi connectivity index (χ4n) is 2.40. The first-order valence-corrected chi connectivity index (χ1v) is 9.50. The van der Waals surface area contributed by atoms with Gasteiger partial charge in [0.1, 0.15) is 21.6 Å². The second-order valence-electron chi connectivity index (χ2n) is 5.44. The van der Waals surface area contributed by atoms with Crippen LogP contribution in [0.4, 0.5) is 9.39 Å². The average molecular weight is 384 g/mol. The zero-order valence-electron chi connectivity index (χ0n) is 13.4. The molecule has 4 nitrogen and oxygen atoms in total. The molecule has 130 valence electrons. The SMILES string of the molecule is O=C(COc1ccc(F)cc1)Nc1sccc1-c1nc2ccccc2s1. The summed E-state index contributed by atoms with van der Waals surface area (Å²) in [5.41, 5.74) is 1.84. The van der Waals surface area contributed by atoms with Crippen molar-refractivity contribution in [2.75, 3.05) is 11.9 Å². The number of fused-ring (bicyclic) bond motifs is 1. The normalized spacial score (nSPS) is 10.8. The molecule has 26 heavy (non-hydrogen) atoms. The fraction of sp³-hybridized carbons (Fsp3) is 0.0526. The van der Waals surface area contributed by atoms with Gasteiger partial charge in [-0.15, -0.1) is 22.7 Å². The van der Waals surface area contributed by atoms with Crippen LogP contribution < -0.4 is 10.1 Å². The van der Waals surface area contributed by atoms with Crippen LogP contribution in [-0.2, 0) is 4.79 Å². The van der Waals surface area contributed by atoms with Gasteiger partial charge in [-0.2, -0.15) is 0 Å². The molecule has 0 atom stereocenters. The third kappa shape index (κ3) is 3.58. The molecule has 0 unspecified atom stereocenters. The highest BCUT2D eigenvalue weighted by Crippen LogP contribution is 2.37. The Morgan fingerprint density at radius 2 is 1.92 bits per heavy atom. The van der Waals surface area contributed by atoms with E-state index in [1.54, 1.807) is 11.3 Å². The maximum absolute atomic E-state index is 12.9. The number of halogens is 1. The predicted octanol–water partition coefficient (Wildman–Crippen LogP) is 5.18. The lowest BCUT2D eigenvalue weighted by molar-refractivity contribution is -0.118. The van der Waals surface area contributed by atoms with Gasteiger partial charge >= 0.3 is 0 Å². The third-order valence-corrected chi connectivity index (χ3v) is 5.53. The van der Waals surface area contributed by atoms with E-state index in [0.29, 0.717) is 5.75 Å². The molecule has 0 saturated carbocycles. The van der Waals surface area contributed by atoms with E-state index in [1.165, 1.54) is 35.6 Å². The number of thiazole rings is 1. The molecule has 0 aliphatic carbocycles. The Hall–Kier alpha value is -2.77. The number of anilines is 1. The number of para-hydroxylation sites is 1. The van der Waals surface area contributed by atoms with Gasteiger partial charge in [-0.25, -0.2) is 9.37 Å². The number of benzene rings is 2. The molecule has 2 heterocycles. The number of nitrogens with one attached hydrogen (secondary N) is 1. The molecule has 0 aliphatic heterocycles. The lowest BCUT2D eigenvalue weighted by atomic mass is 10.3. The minimum absolute atomic E-state index is 0.150. The molecule has 2 aromatic carbocycles. The van der Waals surface area contributed by atoms with Crippen molar-refractivity contribution in [2.45, 2.75) is 0 Å². The lowest BCUT2D eigenvalue weighted by Gasteiger charge is -2.07. The molecule has 1 amide bonds. The Labute approximate surface area is 156 Å². The number of nitrogens with zero attached hydrogens (tertiary/aromatic N) is 1. The standard InChI is InChI=1S/C19H13FN2O2S2/c20-12-5-7-13(8-6-12)24-11-17(23)22-18-14(9-10-25-18)19-21-15-3-1-2-4-16(15)26-19/h1-10H,11H2,(H,22,23). The Morgan fingerprint density at radius 1 is 1.12 bits per heavy atom. The van der Waals surface area contributed by atoms with Crippen LogP contribution in [0.25, 0.3) is 20.8 Å². The average Bonchev–Trinajstić information content (AvgIpc) is 3.27. The molecule has 7 heteroatoms. The summed E-state index contributed by atoms with van der Waals surface area (Å²) in [6.07, 6.45) is 0. The molecule has 0 spiro atoms. The van der Waals surface area contributed by atoms with E-state index >= 15 is 0 Å². The smallest absolute Gasteiger partial charge is 0.262 e. The molecule has 1 N–H and O–H groups in total. The van der Waals surface area contributed by atoms with E-state index in [0.717, 1.165) is 25.8 Å². The summed E-state index contributed by atoms with van der Waals surface area (Å²) in [6.45, 7) is -0.150. The second-order valence-corrected chi connectivity index (χ2v) is 7.39. The minimum atomic E-state index is -0.346. The van der Waals surface area contributed by atoms with Gasteiger partial charge in [-0.3, -0.25) is 4.79 Å². The van der Waals surface area contributed by atoms with Crippen LogP contribution >= 0.6 is 22.7 Å². The monoisotopic (exact) mass is 384 g/mol. The number of hydrogen-bond acceptors (Lipinski definition) is 5. The number of aromatic nitrogens is 1. The van der Waals surface area contributed by atoms with Crippen LogP contribution in [0, 0.1) is 5.82 Å². The minimum Gasteiger partial charge on any atom is -0.484 e. The molecule has 4 rings (SSSR count).